The zero-order chi connectivity index (χ0) is 11.0. The van der Waals surface area contributed by atoms with Crippen LogP contribution in [0.1, 0.15) is 10.4 Å². The lowest BCUT2D eigenvalue weighted by Gasteiger charge is -2.01. The van der Waals surface area contributed by atoms with Crippen molar-refractivity contribution in [3.05, 3.63) is 46.0 Å². The number of fused-ring (bicyclic) bond motifs is 1. The molecule has 0 spiro atoms. The fourth-order valence-electron chi connectivity index (χ4n) is 1.39. The van der Waals surface area contributed by atoms with Gasteiger partial charge in [-0.25, -0.2) is 9.18 Å². The molecule has 0 fully saturated rings. The van der Waals surface area contributed by atoms with E-state index in [4.69, 9.17) is 5.11 Å². The van der Waals surface area contributed by atoms with E-state index in [-0.39, 0.29) is 10.9 Å². The Balaban J connectivity index is 2.97. The van der Waals surface area contributed by atoms with Crippen molar-refractivity contribution in [2.45, 2.75) is 0 Å². The molecule has 76 valence electrons. The van der Waals surface area contributed by atoms with E-state index in [0.29, 0.717) is 0 Å². The van der Waals surface area contributed by atoms with Crippen LogP contribution in [0.3, 0.4) is 0 Å². The van der Waals surface area contributed by atoms with Crippen molar-refractivity contribution in [1.82, 2.24) is 4.98 Å². The first kappa shape index (κ1) is 9.39. The summed E-state index contributed by atoms with van der Waals surface area (Å²) >= 11 is 0. The number of pyridine rings is 1. The largest absolute Gasteiger partial charge is 0.477 e. The Morgan fingerprint density at radius 3 is 2.67 bits per heavy atom. The maximum absolute atomic E-state index is 13.6. The van der Waals surface area contributed by atoms with Gasteiger partial charge in [-0.05, 0) is 12.1 Å². The first-order valence-electron chi connectivity index (χ1n) is 4.15. The fraction of sp³-hybridized carbons (Fsp3) is 0. The van der Waals surface area contributed by atoms with Crippen LogP contribution in [0, 0.1) is 5.82 Å². The Kier molecular flexibility index (Phi) is 2.00. The van der Waals surface area contributed by atoms with Gasteiger partial charge in [0.2, 0.25) is 0 Å². The maximum Gasteiger partial charge on any atom is 0.344 e. The molecule has 1 aromatic heterocycles. The minimum Gasteiger partial charge on any atom is -0.477 e. The third-order valence-electron chi connectivity index (χ3n) is 2.07. The average Bonchev–Trinajstić information content (AvgIpc) is 2.17. The summed E-state index contributed by atoms with van der Waals surface area (Å²) < 4.78 is 13.6. The molecule has 5 heteroatoms. The molecule has 2 N–H and O–H groups in total. The maximum atomic E-state index is 13.6. The van der Waals surface area contributed by atoms with Gasteiger partial charge in [-0.1, -0.05) is 12.1 Å². The van der Waals surface area contributed by atoms with Crippen molar-refractivity contribution in [1.29, 1.82) is 0 Å². The summed E-state index contributed by atoms with van der Waals surface area (Å²) in [5.41, 5.74) is -1.50. The van der Waals surface area contributed by atoms with E-state index >= 15 is 0 Å². The topological polar surface area (TPSA) is 70.2 Å². The number of carboxylic acids is 1. The number of carbonyl (C=O) groups is 1. The first-order valence-corrected chi connectivity index (χ1v) is 4.15. The van der Waals surface area contributed by atoms with Crippen LogP contribution in [0.2, 0.25) is 0 Å². The van der Waals surface area contributed by atoms with Gasteiger partial charge < -0.3 is 10.1 Å². The second-order valence-corrected chi connectivity index (χ2v) is 2.99. The highest BCUT2D eigenvalue weighted by molar-refractivity contribution is 5.92. The summed E-state index contributed by atoms with van der Waals surface area (Å²) in [7, 11) is 0. The number of carboxylic acid groups (broad SMARTS) is 1. The van der Waals surface area contributed by atoms with Gasteiger partial charge in [0.25, 0.3) is 5.56 Å². The second kappa shape index (κ2) is 3.20. The van der Waals surface area contributed by atoms with Crippen molar-refractivity contribution in [2.75, 3.05) is 0 Å². The van der Waals surface area contributed by atoms with Gasteiger partial charge in [0, 0.05) is 5.39 Å². The third-order valence-corrected chi connectivity index (χ3v) is 2.07. The van der Waals surface area contributed by atoms with Crippen LogP contribution in [0.4, 0.5) is 4.39 Å². The monoisotopic (exact) mass is 207 g/mol. The minimum atomic E-state index is -1.57. The summed E-state index contributed by atoms with van der Waals surface area (Å²) in [5, 5.41) is 8.74. The molecule has 1 heterocycles. The molecule has 1 aromatic carbocycles. The van der Waals surface area contributed by atoms with Crippen LogP contribution in [0.25, 0.3) is 10.9 Å². The van der Waals surface area contributed by atoms with Gasteiger partial charge in [0.05, 0.1) is 5.52 Å². The zero-order valence-corrected chi connectivity index (χ0v) is 7.45. The van der Waals surface area contributed by atoms with Crippen LogP contribution in [-0.4, -0.2) is 16.1 Å². The molecule has 0 radical (unpaired) electrons. The van der Waals surface area contributed by atoms with E-state index < -0.39 is 22.9 Å². The molecule has 0 aliphatic heterocycles. The van der Waals surface area contributed by atoms with Crippen molar-refractivity contribution < 1.29 is 14.3 Å². The number of hydrogen-bond donors (Lipinski definition) is 2. The molecule has 0 unspecified atom stereocenters. The molecule has 0 saturated carbocycles. The number of aromatic carboxylic acids is 1. The van der Waals surface area contributed by atoms with Gasteiger partial charge in [-0.3, -0.25) is 4.79 Å². The highest BCUT2D eigenvalue weighted by Gasteiger charge is 2.18. The lowest BCUT2D eigenvalue weighted by molar-refractivity contribution is 0.0690. The number of nitrogens with one attached hydrogen (secondary N) is 1. The molecule has 0 amide bonds. The molecule has 4 nitrogen and oxygen atoms in total. The fourth-order valence-corrected chi connectivity index (χ4v) is 1.39. The second-order valence-electron chi connectivity index (χ2n) is 2.99. The number of rotatable bonds is 1. The summed E-state index contributed by atoms with van der Waals surface area (Å²) in [6.45, 7) is 0. The number of para-hydroxylation sites is 1. The van der Waals surface area contributed by atoms with Crippen LogP contribution in [0.5, 0.6) is 0 Å². The molecule has 2 rings (SSSR count). The summed E-state index contributed by atoms with van der Waals surface area (Å²) in [5.74, 6) is -2.57. The van der Waals surface area contributed by atoms with E-state index in [1.807, 2.05) is 0 Å². The smallest absolute Gasteiger partial charge is 0.344 e. The van der Waals surface area contributed by atoms with E-state index in [2.05, 4.69) is 4.98 Å². The van der Waals surface area contributed by atoms with Crippen LogP contribution in [0.15, 0.2) is 29.1 Å². The lowest BCUT2D eigenvalue weighted by atomic mass is 10.1. The van der Waals surface area contributed by atoms with E-state index in [1.165, 1.54) is 12.1 Å². The Labute approximate surface area is 83.0 Å². The molecule has 0 aliphatic carbocycles. The van der Waals surface area contributed by atoms with Gasteiger partial charge in [0.15, 0.2) is 11.4 Å². The van der Waals surface area contributed by atoms with Crippen molar-refractivity contribution in [2.24, 2.45) is 0 Å². The summed E-state index contributed by atoms with van der Waals surface area (Å²) in [6, 6.07) is 6.10. The highest BCUT2D eigenvalue weighted by Crippen LogP contribution is 2.15. The van der Waals surface area contributed by atoms with Crippen LogP contribution in [-0.2, 0) is 0 Å². The Hall–Kier alpha value is -2.17. The molecular weight excluding hydrogens is 201 g/mol. The molecule has 15 heavy (non-hydrogen) atoms. The number of benzene rings is 1. The minimum absolute atomic E-state index is 0.0921. The number of hydrogen-bond acceptors (Lipinski definition) is 2. The SMILES string of the molecule is O=C(O)c1c(F)c2ccccc2[nH]c1=O. The number of aromatic nitrogens is 1. The van der Waals surface area contributed by atoms with Crippen LogP contribution >= 0.6 is 0 Å². The van der Waals surface area contributed by atoms with Gasteiger partial charge in [-0.15, -0.1) is 0 Å². The quantitative estimate of drug-likeness (QED) is 0.741. The molecular formula is C10H6FNO3. The van der Waals surface area contributed by atoms with E-state index in [9.17, 15) is 14.0 Å². The molecule has 0 bridgehead atoms. The van der Waals surface area contributed by atoms with Gasteiger partial charge in [-0.2, -0.15) is 0 Å². The standard InChI is InChI=1S/C10H6FNO3/c11-8-5-3-1-2-4-6(5)12-9(13)7(8)10(14)15/h1-4H,(H,12,13)(H,14,15). The number of H-pyrrole nitrogens is 1. The third kappa shape index (κ3) is 1.38. The molecule has 0 saturated heterocycles. The molecule has 2 aromatic rings. The summed E-state index contributed by atoms with van der Waals surface area (Å²) in [6.07, 6.45) is 0. The average molecular weight is 207 g/mol. The Morgan fingerprint density at radius 1 is 1.33 bits per heavy atom. The van der Waals surface area contributed by atoms with Crippen LogP contribution < -0.4 is 5.56 Å². The zero-order valence-electron chi connectivity index (χ0n) is 7.45. The highest BCUT2D eigenvalue weighted by atomic mass is 19.1. The molecule has 0 atom stereocenters. The van der Waals surface area contributed by atoms with Crippen molar-refractivity contribution in [3.8, 4) is 0 Å². The van der Waals surface area contributed by atoms with E-state index in [1.54, 1.807) is 12.1 Å². The van der Waals surface area contributed by atoms with Crippen molar-refractivity contribution >= 4 is 16.9 Å². The normalized spacial score (nSPS) is 10.5. The van der Waals surface area contributed by atoms with Gasteiger partial charge >= 0.3 is 5.97 Å². The van der Waals surface area contributed by atoms with Gasteiger partial charge in [0.1, 0.15) is 0 Å². The molecule has 0 aliphatic rings. The van der Waals surface area contributed by atoms with Crippen molar-refractivity contribution in [3.63, 3.8) is 0 Å². The Morgan fingerprint density at radius 2 is 2.00 bits per heavy atom. The number of aromatic amines is 1. The van der Waals surface area contributed by atoms with E-state index in [0.717, 1.165) is 0 Å². The predicted octanol–water partition coefficient (Wildman–Crippen LogP) is 1.37. The lowest BCUT2D eigenvalue weighted by Crippen LogP contribution is -2.20. The Bertz CT molecular complexity index is 603. The first-order chi connectivity index (χ1) is 7.11. The predicted molar refractivity (Wildman–Crippen MR) is 51.5 cm³/mol. The number of halogens is 1. The summed E-state index contributed by atoms with van der Waals surface area (Å²) in [4.78, 5) is 24.1.